The molecule has 6 N–H and O–H groups in total. The Morgan fingerprint density at radius 2 is 0.850 bits per heavy atom. The Morgan fingerprint density at radius 1 is 0.550 bits per heavy atom. The molecule has 0 bridgehead atoms. The third kappa shape index (κ3) is 9.37. The van der Waals surface area contributed by atoms with Crippen LogP contribution in [0, 0.1) is 25.7 Å². The van der Waals surface area contributed by atoms with Crippen molar-refractivity contribution in [2.75, 3.05) is 10.6 Å². The molecular formula is C42H38K2N2O12S2. The Kier molecular flexibility index (Phi) is 15.6. The molecule has 60 heavy (non-hydrogen) atoms. The number of phenolic OH excluding ortho intramolecular Hbond substituents is 2. The number of phenols is 2. The van der Waals surface area contributed by atoms with Crippen LogP contribution in [0.2, 0.25) is 0 Å². The first-order chi connectivity index (χ1) is 27.0. The Hall–Kier alpha value is -2.93. The Balaban J connectivity index is 0.00000397. The Bertz CT molecular complexity index is 2620. The van der Waals surface area contributed by atoms with Crippen molar-refractivity contribution in [1.82, 2.24) is 0 Å². The number of carbonyl (C=O) groups excluding carboxylic acids is 2. The molecule has 0 atom stereocenters. The zero-order valence-corrected chi connectivity index (χ0v) is 41.8. The fraction of sp³-hybridized carbons (Fsp3) is 0.190. The van der Waals surface area contributed by atoms with Gasteiger partial charge in [0.15, 0.2) is 11.5 Å². The molecule has 0 heterocycles. The zero-order chi connectivity index (χ0) is 42.8. The van der Waals surface area contributed by atoms with Gasteiger partial charge in [-0.2, -0.15) is 0 Å². The van der Waals surface area contributed by atoms with Crippen LogP contribution in [0.1, 0.15) is 61.1 Å². The average Bonchev–Trinajstić information content (AvgIpc) is 3.13. The number of hydrogen-bond acceptors (Lipinski definition) is 14. The summed E-state index contributed by atoms with van der Waals surface area (Å²) in [5.74, 6) is -4.49. The van der Waals surface area contributed by atoms with Gasteiger partial charge in [0.05, 0.1) is 20.9 Å². The molecule has 2 aliphatic carbocycles. The maximum Gasteiger partial charge on any atom is 1.00 e. The normalized spacial score (nSPS) is 15.6. The molecule has 0 saturated carbocycles. The number of aliphatic hydroxyl groups is 2. The van der Waals surface area contributed by atoms with E-state index in [2.05, 4.69) is 10.6 Å². The topological polar surface area (TPSA) is 254 Å². The molecule has 4 aromatic carbocycles. The molecular weight excluding hydrogens is 867 g/mol. The number of rotatable bonds is 9. The van der Waals surface area contributed by atoms with Crippen molar-refractivity contribution in [2.45, 2.75) is 51.3 Å². The van der Waals surface area contributed by atoms with Gasteiger partial charge in [-0.3, -0.25) is 9.59 Å². The minimum Gasteiger partial charge on any atom is -0.744 e. The van der Waals surface area contributed by atoms with Gasteiger partial charge in [-0.05, 0) is 96.5 Å². The number of nitrogens with one attached hydrogen (secondary N) is 2. The number of hydrogen-bond donors (Lipinski definition) is 6. The summed E-state index contributed by atoms with van der Waals surface area (Å²) in [6, 6.07) is 12.8. The van der Waals surface area contributed by atoms with E-state index in [4.69, 9.17) is 0 Å². The number of aryl methyl sites for hydroxylation is 2. The number of benzene rings is 4. The second kappa shape index (κ2) is 18.8. The minimum atomic E-state index is -4.73. The van der Waals surface area contributed by atoms with Crippen molar-refractivity contribution < 1.29 is 159 Å². The molecule has 18 heteroatoms. The molecule has 14 nitrogen and oxygen atoms in total. The average molecular weight is 905 g/mol. The quantitative estimate of drug-likeness (QED) is 0.0783. The molecule has 0 fully saturated rings. The van der Waals surface area contributed by atoms with Crippen LogP contribution in [0.5, 0.6) is 11.5 Å². The summed E-state index contributed by atoms with van der Waals surface area (Å²) in [6.45, 7) is 10.4. The summed E-state index contributed by atoms with van der Waals surface area (Å²) >= 11 is 0. The van der Waals surface area contributed by atoms with E-state index in [0.717, 1.165) is 24.3 Å². The van der Waals surface area contributed by atoms with Crippen LogP contribution in [0.25, 0.3) is 33.4 Å². The molecule has 0 amide bonds. The first-order valence-corrected chi connectivity index (χ1v) is 20.6. The van der Waals surface area contributed by atoms with E-state index in [1.807, 2.05) is 0 Å². The van der Waals surface area contributed by atoms with Crippen molar-refractivity contribution >= 4 is 65.5 Å². The molecule has 302 valence electrons. The van der Waals surface area contributed by atoms with E-state index in [9.17, 15) is 56.0 Å². The molecule has 0 saturated heterocycles. The van der Waals surface area contributed by atoms with Crippen molar-refractivity contribution in [3.63, 3.8) is 0 Å². The van der Waals surface area contributed by atoms with Crippen molar-refractivity contribution in [3.8, 4) is 22.6 Å². The zero-order valence-electron chi connectivity index (χ0n) is 34.0. The van der Waals surface area contributed by atoms with Crippen LogP contribution in [0.4, 0.5) is 11.4 Å². The molecule has 4 aromatic rings. The fourth-order valence-electron chi connectivity index (χ4n) is 7.37. The predicted molar refractivity (Wildman–Crippen MR) is 215 cm³/mol. The van der Waals surface area contributed by atoms with Gasteiger partial charge in [0, 0.05) is 57.2 Å². The second-order valence-corrected chi connectivity index (χ2v) is 17.3. The van der Waals surface area contributed by atoms with Gasteiger partial charge in [-0.1, -0.05) is 39.8 Å². The van der Waals surface area contributed by atoms with Gasteiger partial charge < -0.3 is 40.2 Å². The van der Waals surface area contributed by atoms with E-state index in [-0.39, 0.29) is 159 Å². The summed E-state index contributed by atoms with van der Waals surface area (Å²) in [4.78, 5) is 26.8. The first kappa shape index (κ1) is 49.7. The summed E-state index contributed by atoms with van der Waals surface area (Å²) in [6.07, 6.45) is 2.45. The van der Waals surface area contributed by atoms with Crippen molar-refractivity contribution in [1.29, 1.82) is 0 Å². The third-order valence-electron chi connectivity index (χ3n) is 10.0. The van der Waals surface area contributed by atoms with Crippen LogP contribution in [0.3, 0.4) is 0 Å². The van der Waals surface area contributed by atoms with E-state index < -0.39 is 76.4 Å². The van der Waals surface area contributed by atoms with E-state index in [1.165, 1.54) is 36.7 Å². The maximum absolute atomic E-state index is 13.9. The molecule has 6 rings (SSSR count). The number of Topliss-reactive ketones (excluding diaryl/α,β-unsaturated/α-hetero) is 2. The summed E-state index contributed by atoms with van der Waals surface area (Å²) in [5.41, 5.74) is 2.34. The molecule has 0 aliphatic heterocycles. The van der Waals surface area contributed by atoms with Crippen LogP contribution in [0.15, 0.2) is 94.4 Å². The molecule has 0 spiro atoms. The van der Waals surface area contributed by atoms with Crippen LogP contribution < -0.4 is 113 Å². The number of aromatic hydroxyl groups is 2. The molecule has 0 unspecified atom stereocenters. The predicted octanol–water partition coefficient (Wildman–Crippen LogP) is 1.12. The number of anilines is 2. The van der Waals surface area contributed by atoms with E-state index in [0.29, 0.717) is 22.3 Å². The summed E-state index contributed by atoms with van der Waals surface area (Å²) < 4.78 is 68.7. The van der Waals surface area contributed by atoms with Crippen molar-refractivity contribution in [2.24, 2.45) is 11.8 Å². The van der Waals surface area contributed by atoms with Crippen LogP contribution >= 0.6 is 0 Å². The summed E-state index contributed by atoms with van der Waals surface area (Å²) in [5, 5.41) is 52.7. The minimum absolute atomic E-state index is 0. The van der Waals surface area contributed by atoms with Gasteiger partial charge in [0.1, 0.15) is 31.7 Å². The van der Waals surface area contributed by atoms with Crippen LogP contribution in [-0.4, -0.2) is 57.9 Å². The standard InChI is InChI=1S/C42H40N2O12S2.2K/c1-19(2)31-27-15-21(5)33(39(47)35(27)29(37(45)41(31)49)17-43-23-7-11-25(12-8-23)57(51,52)53)34-22(6)16-28-32(20(3)4)42(50)38(46)30(36(28)40(34)48)18-44-24-9-13-26(14-10-24)58(54,55)56;;/h7-20,43-44,47-50H,1-6H3,(H,51,52,53)(H,54,55,56);;/q;2*+1/p-2. The van der Waals surface area contributed by atoms with E-state index >= 15 is 0 Å². The summed E-state index contributed by atoms with van der Waals surface area (Å²) in [7, 11) is -9.45. The third-order valence-corrected chi connectivity index (χ3v) is 11.7. The molecule has 0 aromatic heterocycles. The van der Waals surface area contributed by atoms with Gasteiger partial charge in [-0.15, -0.1) is 0 Å². The van der Waals surface area contributed by atoms with Crippen molar-refractivity contribution in [3.05, 3.63) is 118 Å². The smallest absolute Gasteiger partial charge is 0.744 e. The Labute approximate surface area is 432 Å². The largest absolute Gasteiger partial charge is 1.00 e. The SMILES string of the molecule is Cc1cc2c(c(O)c1-c1c(C)cc3c(c1O)C(=CNc1ccc(S(=O)(=O)[O-])cc1)C(=O)C(O)=C3C(C)C)C(=CNc1ccc(S(=O)(=O)[O-])cc1)C(=O)C(O)=C2C(C)C.[K+].[K+]. The van der Waals surface area contributed by atoms with Gasteiger partial charge in [-0.25, -0.2) is 16.8 Å². The monoisotopic (exact) mass is 904 g/mol. The fourth-order valence-corrected chi connectivity index (χ4v) is 8.31. The number of ketones is 2. The molecule has 2 aliphatic rings. The second-order valence-electron chi connectivity index (χ2n) is 14.5. The number of allylic oxidation sites excluding steroid dienone is 4. The first-order valence-electron chi connectivity index (χ1n) is 17.8. The van der Waals surface area contributed by atoms with Crippen LogP contribution in [-0.2, 0) is 29.8 Å². The van der Waals surface area contributed by atoms with Gasteiger partial charge >= 0.3 is 103 Å². The Morgan fingerprint density at radius 3 is 1.12 bits per heavy atom. The van der Waals surface area contributed by atoms with Gasteiger partial charge in [0.2, 0.25) is 11.6 Å². The number of fused-ring (bicyclic) bond motifs is 2. The number of carbonyl (C=O) groups is 2. The maximum atomic E-state index is 13.9. The van der Waals surface area contributed by atoms with Gasteiger partial charge in [0.25, 0.3) is 0 Å². The molecule has 0 radical (unpaired) electrons. The van der Waals surface area contributed by atoms with E-state index in [1.54, 1.807) is 53.7 Å². The number of aliphatic hydroxyl groups excluding tert-OH is 2.